The van der Waals surface area contributed by atoms with Gasteiger partial charge in [-0.1, -0.05) is 56.7 Å². The number of carbonyl (C=O) groups excluding carboxylic acids is 7. The van der Waals surface area contributed by atoms with E-state index in [2.05, 4.69) is 36.3 Å². The van der Waals surface area contributed by atoms with E-state index in [1.54, 1.807) is 60.8 Å². The molecule has 75 heavy (non-hydrogen) atoms. The highest BCUT2D eigenvalue weighted by atomic mass is 19.1. The lowest BCUT2D eigenvalue weighted by Crippen LogP contribution is -2.54. The number of hydrogen-bond acceptors (Lipinski definition) is 12. The van der Waals surface area contributed by atoms with Crippen molar-refractivity contribution in [2.24, 2.45) is 11.7 Å². The highest BCUT2D eigenvalue weighted by molar-refractivity contribution is 6.12. The Labute approximate surface area is 431 Å². The van der Waals surface area contributed by atoms with Crippen molar-refractivity contribution in [2.75, 3.05) is 25.0 Å². The SMILES string of the molecule is Cc1cccc(-c2nc(CN(CCc3ccccc3F)C(=O)OCc3ccc(NC(=O)[C@H](CCCNC(N)=O)NC(=O)C(NC(=O)CCCCCN4C(=O)C=CC4=O)C(C)C)cc3)[nH]c2-c2ccc3ncnn3c2)n1. The lowest BCUT2D eigenvalue weighted by Gasteiger charge is -2.25. The molecule has 7 rings (SSSR count). The lowest BCUT2D eigenvalue weighted by molar-refractivity contribution is -0.137. The summed E-state index contributed by atoms with van der Waals surface area (Å²) in [6.07, 6.45) is 7.25. The molecule has 0 aliphatic carbocycles. The van der Waals surface area contributed by atoms with Crippen molar-refractivity contribution < 1.29 is 42.7 Å². The largest absolute Gasteiger partial charge is 0.445 e. The Morgan fingerprint density at radius 3 is 2.37 bits per heavy atom. The number of anilines is 1. The molecule has 1 aliphatic rings. The summed E-state index contributed by atoms with van der Waals surface area (Å²) >= 11 is 0. The van der Waals surface area contributed by atoms with Gasteiger partial charge in [0.1, 0.15) is 42.4 Å². The third kappa shape index (κ3) is 15.1. The predicted molar refractivity (Wildman–Crippen MR) is 274 cm³/mol. The highest BCUT2D eigenvalue weighted by Gasteiger charge is 2.30. The summed E-state index contributed by atoms with van der Waals surface area (Å²) in [5.41, 5.74) is 10.6. The molecule has 0 bridgehead atoms. The Morgan fingerprint density at radius 1 is 0.867 bits per heavy atom. The second kappa shape index (κ2) is 25.7. The number of fused-ring (bicyclic) bond motifs is 1. The molecule has 0 fully saturated rings. The number of nitrogens with one attached hydrogen (secondary N) is 5. The van der Waals surface area contributed by atoms with Crippen LogP contribution < -0.4 is 27.0 Å². The number of nitrogens with two attached hydrogens (primary N) is 1. The molecule has 392 valence electrons. The molecule has 2 atom stereocenters. The first-order chi connectivity index (χ1) is 36.1. The van der Waals surface area contributed by atoms with Crippen LogP contribution in [0.5, 0.6) is 0 Å². The zero-order chi connectivity index (χ0) is 53.4. The van der Waals surface area contributed by atoms with Crippen molar-refractivity contribution in [1.82, 2.24) is 55.3 Å². The van der Waals surface area contributed by atoms with E-state index in [9.17, 15) is 38.0 Å². The van der Waals surface area contributed by atoms with E-state index in [0.717, 1.165) is 16.2 Å². The molecule has 1 aliphatic heterocycles. The van der Waals surface area contributed by atoms with Gasteiger partial charge in [0.05, 0.1) is 17.9 Å². The maximum atomic E-state index is 14.8. The van der Waals surface area contributed by atoms with Crippen molar-refractivity contribution in [2.45, 2.75) is 91.0 Å². The van der Waals surface area contributed by atoms with Gasteiger partial charge in [-0.15, -0.1) is 0 Å². The van der Waals surface area contributed by atoms with Gasteiger partial charge >= 0.3 is 12.1 Å². The van der Waals surface area contributed by atoms with Crippen LogP contribution in [0.15, 0.2) is 104 Å². The van der Waals surface area contributed by atoms with E-state index in [0.29, 0.717) is 64.6 Å². The first kappa shape index (κ1) is 54.0. The van der Waals surface area contributed by atoms with Gasteiger partial charge < -0.3 is 41.6 Å². The van der Waals surface area contributed by atoms with E-state index in [1.807, 2.05) is 43.5 Å². The molecule has 1 unspecified atom stereocenters. The third-order valence-corrected chi connectivity index (χ3v) is 12.3. The molecule has 0 saturated heterocycles. The number of H-pyrrole nitrogens is 1. The van der Waals surface area contributed by atoms with Gasteiger partial charge in [-0.25, -0.2) is 28.5 Å². The minimum absolute atomic E-state index is 0.0314. The number of pyridine rings is 2. The topological polar surface area (TPSA) is 281 Å². The number of aromatic nitrogens is 6. The number of hydrogen-bond donors (Lipinski definition) is 6. The number of urea groups is 1. The number of unbranched alkanes of at least 4 members (excludes halogenated alkanes) is 2. The van der Waals surface area contributed by atoms with Gasteiger partial charge in [-0.05, 0) is 98.5 Å². The fraction of sp³-hybridized carbons (Fsp3) is 0.340. The van der Waals surface area contributed by atoms with Crippen LogP contribution in [0.25, 0.3) is 28.3 Å². The first-order valence-corrected chi connectivity index (χ1v) is 24.7. The number of ether oxygens (including phenoxy) is 1. The number of imidazole rings is 1. The molecule has 5 heterocycles. The third-order valence-electron chi connectivity index (χ3n) is 12.3. The van der Waals surface area contributed by atoms with E-state index < -0.39 is 41.8 Å². The average Bonchev–Trinajstić information content (AvgIpc) is 4.13. The lowest BCUT2D eigenvalue weighted by atomic mass is 10.0. The normalized spacial score (nSPS) is 12.9. The summed E-state index contributed by atoms with van der Waals surface area (Å²) in [4.78, 5) is 109. The Hall–Kier alpha value is -8.82. The van der Waals surface area contributed by atoms with Crippen LogP contribution >= 0.6 is 0 Å². The summed E-state index contributed by atoms with van der Waals surface area (Å²) < 4.78 is 22.3. The Kier molecular flexibility index (Phi) is 18.5. The molecule has 4 aromatic heterocycles. The van der Waals surface area contributed by atoms with E-state index in [4.69, 9.17) is 20.4 Å². The maximum absolute atomic E-state index is 14.8. The number of amides is 8. The zero-order valence-electron chi connectivity index (χ0n) is 41.9. The number of aromatic amines is 1. The zero-order valence-corrected chi connectivity index (χ0v) is 41.9. The smallest absolute Gasteiger partial charge is 0.410 e. The predicted octanol–water partition coefficient (Wildman–Crippen LogP) is 5.51. The monoisotopic (exact) mass is 1030 g/mol. The fourth-order valence-corrected chi connectivity index (χ4v) is 8.27. The van der Waals surface area contributed by atoms with Crippen LogP contribution in [0.4, 0.5) is 19.7 Å². The van der Waals surface area contributed by atoms with Crippen molar-refractivity contribution in [3.05, 3.63) is 132 Å². The minimum Gasteiger partial charge on any atom is -0.445 e. The van der Waals surface area contributed by atoms with Crippen LogP contribution in [0, 0.1) is 18.7 Å². The van der Waals surface area contributed by atoms with E-state index in [1.165, 1.54) is 29.4 Å². The Morgan fingerprint density at radius 2 is 1.64 bits per heavy atom. The molecular formula is C53H60FN13O8. The standard InChI is InChI=1S/C53H60FN13O8/c1-33(2)47(64-44(68)16-5-4-8-27-66-45(69)23-24-46(66)70)51(72)61-41(15-10-26-56-52(55)73)50(71)60-38-20-17-35(18-21-38)31-75-53(74)65(28-25-36-12-6-7-13-39(36)54)30-42-62-48(37-19-22-43-57-32-58-67(43)29-37)49(63-42)40-14-9-11-34(3)59-40/h6-7,9,11-14,17-24,29,32-33,41,47H,4-5,8,10,15-16,25-28,30-31H2,1-3H3,(H,60,71)(H,61,72)(H,62,63)(H,64,68)(H3,55,56,73)/t41-,47?/m0/s1. The molecule has 22 heteroatoms. The minimum atomic E-state index is -1.08. The average molecular weight is 1030 g/mol. The summed E-state index contributed by atoms with van der Waals surface area (Å²) in [5, 5.41) is 15.1. The first-order valence-electron chi connectivity index (χ1n) is 24.7. The number of aryl methyl sites for hydroxylation is 1. The number of primary amides is 1. The maximum Gasteiger partial charge on any atom is 0.410 e. The summed E-state index contributed by atoms with van der Waals surface area (Å²) in [6, 6.07) is 19.4. The van der Waals surface area contributed by atoms with Gasteiger partial charge in [0.2, 0.25) is 17.7 Å². The second-order valence-corrected chi connectivity index (χ2v) is 18.3. The van der Waals surface area contributed by atoms with Gasteiger partial charge in [0.15, 0.2) is 5.65 Å². The van der Waals surface area contributed by atoms with Gasteiger partial charge in [-0.2, -0.15) is 5.10 Å². The second-order valence-electron chi connectivity index (χ2n) is 18.3. The van der Waals surface area contributed by atoms with E-state index >= 15 is 0 Å². The van der Waals surface area contributed by atoms with Crippen molar-refractivity contribution in [3.8, 4) is 22.6 Å². The van der Waals surface area contributed by atoms with Crippen LogP contribution in [0.1, 0.15) is 75.0 Å². The van der Waals surface area contributed by atoms with Crippen molar-refractivity contribution >= 4 is 53.0 Å². The highest BCUT2D eigenvalue weighted by Crippen LogP contribution is 2.30. The van der Waals surface area contributed by atoms with Crippen LogP contribution in [-0.4, -0.2) is 113 Å². The molecule has 0 spiro atoms. The van der Waals surface area contributed by atoms with Crippen LogP contribution in [0.3, 0.4) is 0 Å². The molecule has 0 saturated carbocycles. The summed E-state index contributed by atoms with van der Waals surface area (Å²) in [5.74, 6) is -2.58. The van der Waals surface area contributed by atoms with Gasteiger partial charge in [0.25, 0.3) is 11.8 Å². The van der Waals surface area contributed by atoms with Crippen LogP contribution in [-0.2, 0) is 48.3 Å². The Balaban J connectivity index is 0.986. The van der Waals surface area contributed by atoms with Gasteiger partial charge in [-0.3, -0.25) is 33.9 Å². The molecule has 8 amide bonds. The number of imide groups is 1. The van der Waals surface area contributed by atoms with E-state index in [-0.39, 0.29) is 82.1 Å². The fourth-order valence-electron chi connectivity index (χ4n) is 8.27. The number of carbonyl (C=O) groups is 7. The molecule has 0 radical (unpaired) electrons. The molecule has 21 nitrogen and oxygen atoms in total. The van der Waals surface area contributed by atoms with Crippen molar-refractivity contribution in [3.63, 3.8) is 0 Å². The number of halogens is 1. The van der Waals surface area contributed by atoms with Crippen LogP contribution in [0.2, 0.25) is 0 Å². The Bertz CT molecular complexity index is 3030. The number of rotatable bonds is 25. The summed E-state index contributed by atoms with van der Waals surface area (Å²) in [6.45, 7) is 5.68. The summed E-state index contributed by atoms with van der Waals surface area (Å²) in [7, 11) is 0. The molecule has 2 aromatic carbocycles. The quantitative estimate of drug-likeness (QED) is 0.0306. The molecule has 6 aromatic rings. The number of nitrogens with zero attached hydrogens (tertiary/aromatic N) is 7. The van der Waals surface area contributed by atoms with Gasteiger partial charge in [0, 0.05) is 61.3 Å². The number of benzene rings is 2. The van der Waals surface area contributed by atoms with Crippen molar-refractivity contribution in [1.29, 1.82) is 0 Å². The molecular weight excluding hydrogens is 966 g/mol. The molecule has 7 N–H and O–H groups in total.